The van der Waals surface area contributed by atoms with E-state index in [-0.39, 0.29) is 29.8 Å². The molecule has 1 aromatic heterocycles. The number of primary amides is 1. The van der Waals surface area contributed by atoms with E-state index in [0.717, 1.165) is 57.0 Å². The van der Waals surface area contributed by atoms with Crippen molar-refractivity contribution in [1.29, 1.82) is 0 Å². The van der Waals surface area contributed by atoms with Gasteiger partial charge in [0.05, 0.1) is 16.6 Å². The van der Waals surface area contributed by atoms with E-state index in [2.05, 4.69) is 26.8 Å². The number of aromatic nitrogens is 2. The number of nitrogens with zero attached hydrogens (tertiary/aromatic N) is 5. The van der Waals surface area contributed by atoms with Crippen LogP contribution < -0.4 is 26.8 Å². The molecule has 0 unspecified atom stereocenters. The van der Waals surface area contributed by atoms with Crippen molar-refractivity contribution in [3.05, 3.63) is 108 Å². The first kappa shape index (κ1) is 39.8. The Labute approximate surface area is 304 Å². The third kappa shape index (κ3) is 11.8. The number of carbonyl (C=O) groups excluding carboxylic acids is 2. The van der Waals surface area contributed by atoms with Crippen LogP contribution in [0.5, 0.6) is 11.5 Å². The first-order valence-electron chi connectivity index (χ1n) is 16.7. The van der Waals surface area contributed by atoms with E-state index in [1.54, 1.807) is 47.0 Å². The number of benzene rings is 4. The lowest BCUT2D eigenvalue weighted by atomic mass is 10.2. The van der Waals surface area contributed by atoms with Crippen LogP contribution in [0.15, 0.2) is 96.0 Å². The Hall–Kier alpha value is -5.96. The van der Waals surface area contributed by atoms with Crippen molar-refractivity contribution in [3.63, 3.8) is 0 Å². The summed E-state index contributed by atoms with van der Waals surface area (Å²) in [5.74, 6) is 0.147. The maximum atomic E-state index is 13.0. The molecule has 1 aliphatic heterocycles. The van der Waals surface area contributed by atoms with Crippen molar-refractivity contribution in [2.45, 2.75) is 26.1 Å². The number of aldehydes is 1. The fourth-order valence-electron chi connectivity index (χ4n) is 5.28. The van der Waals surface area contributed by atoms with Crippen LogP contribution >= 0.6 is 0 Å². The lowest BCUT2D eigenvalue weighted by molar-refractivity contribution is -0.137. The Bertz CT molecular complexity index is 2000. The summed E-state index contributed by atoms with van der Waals surface area (Å²) in [7, 11) is 2.13. The quantitative estimate of drug-likeness (QED) is 0.0714. The van der Waals surface area contributed by atoms with Gasteiger partial charge >= 0.3 is 6.18 Å². The number of likely N-dealkylation sites (N-methyl/N-ethyl adjacent to an activating group) is 1. The number of rotatable bonds is 9. The lowest BCUT2D eigenvalue weighted by Crippen LogP contribution is -2.44. The van der Waals surface area contributed by atoms with Crippen molar-refractivity contribution in [2.24, 2.45) is 22.2 Å². The Morgan fingerprint density at radius 3 is 2.15 bits per heavy atom. The van der Waals surface area contributed by atoms with Crippen LogP contribution in [0.2, 0.25) is 0 Å². The molecule has 0 bridgehead atoms. The van der Waals surface area contributed by atoms with Crippen LogP contribution in [0.25, 0.3) is 22.4 Å². The number of aliphatic imine (C=N–C) groups is 1. The van der Waals surface area contributed by atoms with Crippen LogP contribution in [0.4, 0.5) is 23.2 Å². The first-order valence-corrected chi connectivity index (χ1v) is 16.7. The van der Waals surface area contributed by atoms with Crippen LogP contribution in [0, 0.1) is 5.82 Å². The number of anilines is 1. The van der Waals surface area contributed by atoms with Crippen LogP contribution in [-0.2, 0) is 17.5 Å². The predicted molar refractivity (Wildman–Crippen MR) is 198 cm³/mol. The van der Waals surface area contributed by atoms with E-state index in [9.17, 15) is 27.2 Å². The summed E-state index contributed by atoms with van der Waals surface area (Å²) >= 11 is 0. The summed E-state index contributed by atoms with van der Waals surface area (Å²) in [4.78, 5) is 35.6. The van der Waals surface area contributed by atoms with Gasteiger partial charge in [0.15, 0.2) is 5.96 Å². The minimum absolute atomic E-state index is 0.0261. The molecule has 5 aromatic rings. The highest BCUT2D eigenvalue weighted by Gasteiger charge is 2.30. The number of fused-ring (bicyclic) bond motifs is 1. The average molecular weight is 735 g/mol. The maximum Gasteiger partial charge on any atom is 0.416 e. The van der Waals surface area contributed by atoms with Gasteiger partial charge in [0, 0.05) is 49.5 Å². The number of imidazole rings is 1. The van der Waals surface area contributed by atoms with E-state index in [1.807, 2.05) is 19.1 Å². The molecule has 1 aliphatic rings. The van der Waals surface area contributed by atoms with E-state index in [4.69, 9.17) is 21.9 Å². The zero-order valence-corrected chi connectivity index (χ0v) is 29.4. The molecule has 0 saturated carbocycles. The number of piperazine rings is 1. The number of amides is 1. The smallest absolute Gasteiger partial charge is 0.416 e. The van der Waals surface area contributed by atoms with Crippen molar-refractivity contribution < 1.29 is 31.9 Å². The second-order valence-electron chi connectivity index (χ2n) is 12.1. The SMILES string of the molecule is CCCN=C(N)N.CN1CCN(c2ccc(F)cc2)CC1.NC(=O)Cn1c(-c2cccc(Oc3cccc(C(F)(F)F)c3)c2)nc2cc(C=O)ccc21. The topological polar surface area (TPSA) is 158 Å². The number of halogens is 4. The molecule has 0 aliphatic carbocycles. The minimum atomic E-state index is -4.48. The van der Waals surface area contributed by atoms with Crippen LogP contribution in [0.1, 0.15) is 29.3 Å². The fraction of sp³-hybridized carbons (Fsp3) is 0.263. The van der Waals surface area contributed by atoms with Gasteiger partial charge in [-0.2, -0.15) is 13.2 Å². The third-order valence-corrected chi connectivity index (χ3v) is 7.92. The monoisotopic (exact) mass is 734 g/mol. The molecule has 11 nitrogen and oxygen atoms in total. The van der Waals surface area contributed by atoms with Crippen LogP contribution in [0.3, 0.4) is 0 Å². The summed E-state index contributed by atoms with van der Waals surface area (Å²) in [6.07, 6.45) is -2.80. The Morgan fingerprint density at radius 2 is 1.57 bits per heavy atom. The molecule has 6 N–H and O–H groups in total. The van der Waals surface area contributed by atoms with Gasteiger partial charge in [-0.3, -0.25) is 14.6 Å². The van der Waals surface area contributed by atoms with Gasteiger partial charge in [0.1, 0.15) is 36.0 Å². The van der Waals surface area contributed by atoms with Crippen LogP contribution in [-0.4, -0.2) is 72.4 Å². The van der Waals surface area contributed by atoms with E-state index >= 15 is 0 Å². The molecule has 15 heteroatoms. The predicted octanol–water partition coefficient (Wildman–Crippen LogP) is 6.06. The van der Waals surface area contributed by atoms with Gasteiger partial charge < -0.3 is 36.3 Å². The fourth-order valence-corrected chi connectivity index (χ4v) is 5.28. The second kappa shape index (κ2) is 18.5. The molecule has 0 spiro atoms. The summed E-state index contributed by atoms with van der Waals surface area (Å²) < 4.78 is 58.8. The molecule has 0 radical (unpaired) electrons. The zero-order valence-electron chi connectivity index (χ0n) is 29.4. The molecule has 1 fully saturated rings. The Kier molecular flexibility index (Phi) is 13.9. The molecule has 0 atom stereocenters. The molecule has 1 amide bonds. The van der Waals surface area contributed by atoms with E-state index in [1.165, 1.54) is 24.3 Å². The number of nitrogens with two attached hydrogens (primary N) is 3. The summed E-state index contributed by atoms with van der Waals surface area (Å²) in [6, 6.07) is 22.7. The van der Waals surface area contributed by atoms with Crippen molar-refractivity contribution in [1.82, 2.24) is 14.5 Å². The summed E-state index contributed by atoms with van der Waals surface area (Å²) in [5, 5.41) is 0. The van der Waals surface area contributed by atoms with E-state index < -0.39 is 17.6 Å². The molecule has 4 aromatic carbocycles. The molecule has 280 valence electrons. The average Bonchev–Trinajstić information content (AvgIpc) is 3.48. The highest BCUT2D eigenvalue weighted by molar-refractivity contribution is 5.88. The highest BCUT2D eigenvalue weighted by Crippen LogP contribution is 2.34. The number of guanidine groups is 1. The number of hydrogen-bond donors (Lipinski definition) is 3. The van der Waals surface area contributed by atoms with Gasteiger partial charge in [-0.1, -0.05) is 25.1 Å². The van der Waals surface area contributed by atoms with Crippen molar-refractivity contribution >= 4 is 34.9 Å². The normalized spacial score (nSPS) is 12.9. The maximum absolute atomic E-state index is 13.0. The third-order valence-electron chi connectivity index (χ3n) is 7.92. The number of alkyl halides is 3. The highest BCUT2D eigenvalue weighted by atomic mass is 19.4. The van der Waals surface area contributed by atoms with Crippen molar-refractivity contribution in [2.75, 3.05) is 44.7 Å². The number of ether oxygens (including phenoxy) is 1. The number of carbonyl (C=O) groups is 2. The van der Waals surface area contributed by atoms with E-state index in [0.29, 0.717) is 34.3 Å². The van der Waals surface area contributed by atoms with Gasteiger partial charge in [0.2, 0.25) is 5.91 Å². The molecule has 1 saturated heterocycles. The van der Waals surface area contributed by atoms with Gasteiger partial charge in [-0.15, -0.1) is 0 Å². The summed E-state index contributed by atoms with van der Waals surface area (Å²) in [6.45, 7) is 6.83. The van der Waals surface area contributed by atoms with Gasteiger partial charge in [-0.05, 0) is 86.3 Å². The van der Waals surface area contributed by atoms with Gasteiger partial charge in [0.25, 0.3) is 0 Å². The Balaban J connectivity index is 0.000000244. The molecular formula is C38H42F4N8O3. The Morgan fingerprint density at radius 1 is 0.906 bits per heavy atom. The molecular weight excluding hydrogens is 692 g/mol. The molecule has 53 heavy (non-hydrogen) atoms. The summed E-state index contributed by atoms with van der Waals surface area (Å²) in [5.41, 5.74) is 17.8. The van der Waals surface area contributed by atoms with Gasteiger partial charge in [-0.25, -0.2) is 9.37 Å². The largest absolute Gasteiger partial charge is 0.457 e. The zero-order chi connectivity index (χ0) is 38.5. The first-order chi connectivity index (χ1) is 25.3. The lowest BCUT2D eigenvalue weighted by Gasteiger charge is -2.34. The van der Waals surface area contributed by atoms with Crippen molar-refractivity contribution in [3.8, 4) is 22.9 Å². The second-order valence-corrected chi connectivity index (χ2v) is 12.1. The molecule has 2 heterocycles. The molecule has 6 rings (SSSR count). The minimum Gasteiger partial charge on any atom is -0.457 e. The standard InChI is InChI=1S/C23H16F3N3O3.C11H15FN2.C4H11N3/c24-23(25,26)16-4-2-6-18(11-16)32-17-5-1-3-15(10-17)22-28-19-9-14(13-30)7-8-20(19)29(22)12-21(27)31;1-13-6-8-14(9-7-13)11-4-2-10(12)3-5-11;1-2-3-7-4(5)6/h1-11,13H,12H2,(H2,27,31);2-5H,6-9H2,1H3;2-3H2,1H3,(H4,5,6,7). The number of hydrogen-bond acceptors (Lipinski definition) is 7.